The van der Waals surface area contributed by atoms with Gasteiger partial charge in [0.15, 0.2) is 0 Å². The third-order valence-corrected chi connectivity index (χ3v) is 4.52. The van der Waals surface area contributed by atoms with Gasteiger partial charge in [-0.3, -0.25) is 0 Å². The molecule has 0 saturated carbocycles. The van der Waals surface area contributed by atoms with E-state index in [1.807, 2.05) is 0 Å². The van der Waals surface area contributed by atoms with Crippen molar-refractivity contribution in [1.29, 1.82) is 0 Å². The van der Waals surface area contributed by atoms with E-state index in [4.69, 9.17) is 0 Å². The van der Waals surface area contributed by atoms with Crippen LogP contribution in [0.3, 0.4) is 0 Å². The lowest BCUT2D eigenvalue weighted by atomic mass is 9.96. The Morgan fingerprint density at radius 3 is 2.09 bits per heavy atom. The van der Waals surface area contributed by atoms with Gasteiger partial charge < -0.3 is 4.90 Å². The smallest absolute Gasteiger partial charge is 0.0368 e. The third-order valence-electron chi connectivity index (χ3n) is 4.52. The Morgan fingerprint density at radius 1 is 0.739 bits per heavy atom. The summed E-state index contributed by atoms with van der Waals surface area (Å²) < 4.78 is 0. The molecule has 3 aromatic carbocycles. The monoisotopic (exact) mass is 303 g/mol. The first-order chi connectivity index (χ1) is 11.1. The summed E-state index contributed by atoms with van der Waals surface area (Å²) in [6.07, 6.45) is 0. The Hall–Kier alpha value is -2.28. The molecule has 1 nitrogen and oxygen atoms in total. The van der Waals surface area contributed by atoms with E-state index in [1.165, 1.54) is 22.0 Å². The lowest BCUT2D eigenvalue weighted by Gasteiger charge is -2.32. The molecule has 0 aromatic heterocycles. The fraction of sp³-hybridized carbons (Fsp3) is 0.273. The molecule has 0 fully saturated rings. The zero-order valence-electron chi connectivity index (χ0n) is 14.2. The zero-order valence-corrected chi connectivity index (χ0v) is 14.2. The van der Waals surface area contributed by atoms with Crippen molar-refractivity contribution in [3.8, 4) is 0 Å². The van der Waals surface area contributed by atoms with Crippen LogP contribution in [0.2, 0.25) is 0 Å². The van der Waals surface area contributed by atoms with Crippen molar-refractivity contribution in [3.63, 3.8) is 0 Å². The van der Waals surface area contributed by atoms with Gasteiger partial charge in [0.25, 0.3) is 0 Å². The van der Waals surface area contributed by atoms with E-state index < -0.39 is 0 Å². The van der Waals surface area contributed by atoms with Crippen LogP contribution in [0.1, 0.15) is 32.3 Å². The maximum Gasteiger partial charge on any atom is 0.0368 e. The molecule has 0 aliphatic carbocycles. The summed E-state index contributed by atoms with van der Waals surface area (Å²) in [7, 11) is 0. The number of fused-ring (bicyclic) bond motifs is 1. The zero-order chi connectivity index (χ0) is 16.2. The molecule has 0 saturated heterocycles. The van der Waals surface area contributed by atoms with Crippen LogP contribution in [0.5, 0.6) is 0 Å². The Morgan fingerprint density at radius 2 is 1.39 bits per heavy atom. The van der Waals surface area contributed by atoms with Crippen molar-refractivity contribution in [2.75, 3.05) is 11.4 Å². The second kappa shape index (κ2) is 6.87. The molecule has 23 heavy (non-hydrogen) atoms. The molecule has 3 rings (SSSR count). The van der Waals surface area contributed by atoms with E-state index in [1.54, 1.807) is 0 Å². The van der Waals surface area contributed by atoms with Gasteiger partial charge in [0.2, 0.25) is 0 Å². The van der Waals surface area contributed by atoms with Crippen LogP contribution in [-0.2, 0) is 0 Å². The van der Waals surface area contributed by atoms with Crippen molar-refractivity contribution in [2.24, 2.45) is 0 Å². The van der Waals surface area contributed by atoms with Crippen LogP contribution >= 0.6 is 0 Å². The number of anilines is 1. The van der Waals surface area contributed by atoms with Crippen molar-refractivity contribution < 1.29 is 0 Å². The van der Waals surface area contributed by atoms with E-state index in [0.717, 1.165) is 6.54 Å². The number of para-hydroxylation sites is 1. The Kier molecular flexibility index (Phi) is 4.66. The first-order valence-electron chi connectivity index (χ1n) is 8.45. The minimum Gasteiger partial charge on any atom is -0.369 e. The first-order valence-corrected chi connectivity index (χ1v) is 8.45. The third kappa shape index (κ3) is 3.56. The highest BCUT2D eigenvalue weighted by Crippen LogP contribution is 2.25. The normalized spacial score (nSPS) is 12.5. The van der Waals surface area contributed by atoms with E-state index >= 15 is 0 Å². The van der Waals surface area contributed by atoms with E-state index in [-0.39, 0.29) is 0 Å². The number of hydrogen-bond donors (Lipinski definition) is 0. The predicted octanol–water partition coefficient (Wildman–Crippen LogP) is 5.86. The fourth-order valence-corrected chi connectivity index (χ4v) is 3.15. The van der Waals surface area contributed by atoms with Crippen LogP contribution in [0, 0.1) is 0 Å². The highest BCUT2D eigenvalue weighted by molar-refractivity contribution is 5.83. The lowest BCUT2D eigenvalue weighted by molar-refractivity contribution is 0.626. The van der Waals surface area contributed by atoms with Crippen LogP contribution in [-0.4, -0.2) is 12.6 Å². The Bertz CT molecular complexity index is 761. The maximum absolute atomic E-state index is 2.49. The molecule has 0 aliphatic heterocycles. The summed E-state index contributed by atoms with van der Waals surface area (Å²) in [5.41, 5.74) is 2.71. The summed E-state index contributed by atoms with van der Waals surface area (Å²) in [5.74, 6) is 0.488. The van der Waals surface area contributed by atoms with Crippen molar-refractivity contribution in [1.82, 2.24) is 0 Å². The molecule has 0 radical (unpaired) electrons. The summed E-state index contributed by atoms with van der Waals surface area (Å²) in [5, 5.41) is 2.64. The average molecular weight is 303 g/mol. The largest absolute Gasteiger partial charge is 0.369 e. The Balaban J connectivity index is 1.84. The van der Waals surface area contributed by atoms with Crippen LogP contribution in [0.4, 0.5) is 5.69 Å². The SMILES string of the molecule is CC(CN(c1ccccc1)C(C)C)c1ccc2ccccc2c1. The Labute approximate surface area is 139 Å². The van der Waals surface area contributed by atoms with E-state index in [2.05, 4.69) is 98.5 Å². The first kappa shape index (κ1) is 15.6. The van der Waals surface area contributed by atoms with Crippen molar-refractivity contribution >= 4 is 16.5 Å². The van der Waals surface area contributed by atoms with Crippen molar-refractivity contribution in [2.45, 2.75) is 32.7 Å². The quantitative estimate of drug-likeness (QED) is 0.570. The van der Waals surface area contributed by atoms with Gasteiger partial charge in [0.1, 0.15) is 0 Å². The molecule has 1 unspecified atom stereocenters. The number of rotatable bonds is 5. The van der Waals surface area contributed by atoms with Gasteiger partial charge in [-0.25, -0.2) is 0 Å². The second-order valence-corrected chi connectivity index (χ2v) is 6.59. The summed E-state index contributed by atoms with van der Waals surface area (Å²) in [6.45, 7) is 7.88. The molecule has 0 spiro atoms. The van der Waals surface area contributed by atoms with Crippen LogP contribution in [0.15, 0.2) is 72.8 Å². The fourth-order valence-electron chi connectivity index (χ4n) is 3.15. The van der Waals surface area contributed by atoms with E-state index in [9.17, 15) is 0 Å². The van der Waals surface area contributed by atoms with Crippen LogP contribution < -0.4 is 4.90 Å². The highest BCUT2D eigenvalue weighted by Gasteiger charge is 2.15. The summed E-state index contributed by atoms with van der Waals surface area (Å²) >= 11 is 0. The summed E-state index contributed by atoms with van der Waals surface area (Å²) in [6, 6.07) is 26.6. The van der Waals surface area contributed by atoms with Crippen LogP contribution in [0.25, 0.3) is 10.8 Å². The van der Waals surface area contributed by atoms with Gasteiger partial charge in [-0.05, 0) is 48.2 Å². The van der Waals surface area contributed by atoms with Crippen molar-refractivity contribution in [3.05, 3.63) is 78.4 Å². The number of benzene rings is 3. The number of nitrogens with zero attached hydrogens (tertiary/aromatic N) is 1. The highest BCUT2D eigenvalue weighted by atomic mass is 15.2. The molecule has 0 N–H and O–H groups in total. The molecule has 1 heteroatoms. The van der Waals surface area contributed by atoms with Gasteiger partial charge >= 0.3 is 0 Å². The molecule has 0 bridgehead atoms. The van der Waals surface area contributed by atoms with E-state index in [0.29, 0.717) is 12.0 Å². The topological polar surface area (TPSA) is 3.24 Å². The second-order valence-electron chi connectivity index (χ2n) is 6.59. The molecule has 118 valence electrons. The van der Waals surface area contributed by atoms with Gasteiger partial charge in [0.05, 0.1) is 0 Å². The molecule has 0 aliphatic rings. The standard InChI is InChI=1S/C22H25N/c1-17(2)23(22-11-5-4-6-12-22)16-18(3)20-14-13-19-9-7-8-10-21(19)15-20/h4-15,17-18H,16H2,1-3H3. The van der Waals surface area contributed by atoms with Gasteiger partial charge in [-0.1, -0.05) is 67.6 Å². The molecular weight excluding hydrogens is 278 g/mol. The average Bonchev–Trinajstić information content (AvgIpc) is 2.59. The van der Waals surface area contributed by atoms with Gasteiger partial charge in [0, 0.05) is 18.3 Å². The van der Waals surface area contributed by atoms with Gasteiger partial charge in [-0.2, -0.15) is 0 Å². The molecule has 0 heterocycles. The minimum atomic E-state index is 0.486. The molecule has 0 amide bonds. The minimum absolute atomic E-state index is 0.486. The summed E-state index contributed by atoms with van der Waals surface area (Å²) in [4.78, 5) is 2.49. The maximum atomic E-state index is 2.49. The number of hydrogen-bond acceptors (Lipinski definition) is 1. The molecule has 1 atom stereocenters. The molecular formula is C22H25N. The lowest BCUT2D eigenvalue weighted by Crippen LogP contribution is -2.34. The predicted molar refractivity (Wildman–Crippen MR) is 101 cm³/mol. The van der Waals surface area contributed by atoms with Gasteiger partial charge in [-0.15, -0.1) is 0 Å². The molecule has 3 aromatic rings.